The maximum Gasteiger partial charge on any atom is 0.128 e. The fourth-order valence-electron chi connectivity index (χ4n) is 2.39. The minimum absolute atomic E-state index is 0.167. The summed E-state index contributed by atoms with van der Waals surface area (Å²) in [6.45, 7) is 4.99. The first-order chi connectivity index (χ1) is 8.13. The van der Waals surface area contributed by atoms with Crippen LogP contribution >= 0.6 is 0 Å². The topological polar surface area (TPSA) is 56.6 Å². The Kier molecular flexibility index (Phi) is 3.64. The van der Waals surface area contributed by atoms with Crippen LogP contribution in [0.4, 0.5) is 5.82 Å². The summed E-state index contributed by atoms with van der Waals surface area (Å²) in [7, 11) is 0. The van der Waals surface area contributed by atoms with Gasteiger partial charge in [-0.15, -0.1) is 0 Å². The molecule has 0 radical (unpaired) electrons. The molecular weight excluding hydrogens is 216 g/mol. The molecule has 0 saturated carbocycles. The Morgan fingerprint density at radius 1 is 1.53 bits per heavy atom. The molecule has 94 valence electrons. The number of aliphatic hydroxyl groups excluding tert-OH is 2. The molecule has 1 saturated heterocycles. The van der Waals surface area contributed by atoms with Crippen molar-refractivity contribution in [1.29, 1.82) is 0 Å². The zero-order chi connectivity index (χ0) is 12.4. The minimum atomic E-state index is -0.484. The van der Waals surface area contributed by atoms with Crippen molar-refractivity contribution in [2.45, 2.75) is 32.4 Å². The summed E-state index contributed by atoms with van der Waals surface area (Å²) < 4.78 is 0. The highest BCUT2D eigenvalue weighted by Crippen LogP contribution is 2.28. The molecule has 4 heteroatoms. The van der Waals surface area contributed by atoms with Crippen molar-refractivity contribution < 1.29 is 10.2 Å². The van der Waals surface area contributed by atoms with Crippen molar-refractivity contribution in [3.8, 4) is 0 Å². The Hall–Kier alpha value is -1.13. The molecule has 1 aromatic heterocycles. The van der Waals surface area contributed by atoms with Gasteiger partial charge >= 0.3 is 0 Å². The van der Waals surface area contributed by atoms with Crippen LogP contribution in [0.2, 0.25) is 0 Å². The predicted molar refractivity (Wildman–Crippen MR) is 66.9 cm³/mol. The fraction of sp³-hybridized carbons (Fsp3) is 0.615. The molecule has 0 spiro atoms. The van der Waals surface area contributed by atoms with E-state index in [4.69, 9.17) is 0 Å². The smallest absolute Gasteiger partial charge is 0.128 e. The van der Waals surface area contributed by atoms with E-state index in [0.29, 0.717) is 5.92 Å². The van der Waals surface area contributed by atoms with E-state index in [-0.39, 0.29) is 12.6 Å². The van der Waals surface area contributed by atoms with Crippen LogP contribution in [0.5, 0.6) is 0 Å². The van der Waals surface area contributed by atoms with E-state index in [1.54, 1.807) is 13.1 Å². The highest BCUT2D eigenvalue weighted by Gasteiger charge is 2.31. The number of pyridine rings is 1. The Labute approximate surface area is 102 Å². The van der Waals surface area contributed by atoms with Crippen LogP contribution in [0.25, 0.3) is 0 Å². The summed E-state index contributed by atoms with van der Waals surface area (Å²) in [5.41, 5.74) is 0.821. The highest BCUT2D eigenvalue weighted by atomic mass is 16.3. The van der Waals surface area contributed by atoms with E-state index in [1.165, 1.54) is 0 Å². The monoisotopic (exact) mass is 236 g/mol. The van der Waals surface area contributed by atoms with Gasteiger partial charge in [0.25, 0.3) is 0 Å². The lowest BCUT2D eigenvalue weighted by molar-refractivity contribution is 0.199. The van der Waals surface area contributed by atoms with Crippen molar-refractivity contribution in [2.75, 3.05) is 18.1 Å². The van der Waals surface area contributed by atoms with E-state index in [9.17, 15) is 10.2 Å². The van der Waals surface area contributed by atoms with Crippen LogP contribution in [-0.4, -0.2) is 34.4 Å². The molecule has 0 aliphatic carbocycles. The molecule has 0 aromatic carbocycles. The summed E-state index contributed by atoms with van der Waals surface area (Å²) in [4.78, 5) is 6.52. The lowest BCUT2D eigenvalue weighted by atomic mass is 10.0. The molecule has 3 atom stereocenters. The van der Waals surface area contributed by atoms with Crippen molar-refractivity contribution >= 4 is 5.82 Å². The normalized spacial score (nSPS) is 26.2. The predicted octanol–water partition coefficient (Wildman–Crippen LogP) is 1.34. The van der Waals surface area contributed by atoms with Crippen molar-refractivity contribution in [2.24, 2.45) is 5.92 Å². The molecule has 1 aromatic rings. The molecule has 17 heavy (non-hydrogen) atoms. The van der Waals surface area contributed by atoms with Gasteiger partial charge in [-0.2, -0.15) is 0 Å². The summed E-state index contributed by atoms with van der Waals surface area (Å²) in [6.07, 6.45) is 2.31. The Morgan fingerprint density at radius 2 is 2.29 bits per heavy atom. The molecule has 2 rings (SSSR count). The van der Waals surface area contributed by atoms with E-state index in [0.717, 1.165) is 24.3 Å². The number of hydrogen-bond acceptors (Lipinski definition) is 4. The summed E-state index contributed by atoms with van der Waals surface area (Å²) >= 11 is 0. The van der Waals surface area contributed by atoms with Crippen LogP contribution in [0.3, 0.4) is 0 Å². The molecule has 2 N–H and O–H groups in total. The SMILES string of the molecule is CC1CCN(c2ccc([C@@H](C)O)cn2)C1CO. The zero-order valence-electron chi connectivity index (χ0n) is 10.4. The third kappa shape index (κ3) is 2.42. The minimum Gasteiger partial charge on any atom is -0.394 e. The quantitative estimate of drug-likeness (QED) is 0.831. The Balaban J connectivity index is 2.17. The zero-order valence-corrected chi connectivity index (χ0v) is 10.4. The molecule has 4 nitrogen and oxygen atoms in total. The van der Waals surface area contributed by atoms with Gasteiger partial charge in [0, 0.05) is 12.7 Å². The van der Waals surface area contributed by atoms with Crippen LogP contribution in [-0.2, 0) is 0 Å². The molecule has 0 bridgehead atoms. The van der Waals surface area contributed by atoms with Crippen LogP contribution in [0.15, 0.2) is 18.3 Å². The maximum absolute atomic E-state index is 9.43. The van der Waals surface area contributed by atoms with Gasteiger partial charge in [0.15, 0.2) is 0 Å². The average molecular weight is 236 g/mol. The average Bonchev–Trinajstić information content (AvgIpc) is 2.70. The van der Waals surface area contributed by atoms with Gasteiger partial charge in [-0.1, -0.05) is 13.0 Å². The number of anilines is 1. The molecular formula is C13H20N2O2. The van der Waals surface area contributed by atoms with Gasteiger partial charge in [-0.3, -0.25) is 0 Å². The van der Waals surface area contributed by atoms with E-state index in [1.807, 2.05) is 12.1 Å². The van der Waals surface area contributed by atoms with Crippen molar-refractivity contribution in [3.05, 3.63) is 23.9 Å². The van der Waals surface area contributed by atoms with Gasteiger partial charge in [0.2, 0.25) is 0 Å². The van der Waals surface area contributed by atoms with Crippen molar-refractivity contribution in [3.63, 3.8) is 0 Å². The summed E-state index contributed by atoms with van der Waals surface area (Å²) in [5, 5.41) is 18.8. The number of rotatable bonds is 3. The molecule has 2 heterocycles. The highest BCUT2D eigenvalue weighted by molar-refractivity contribution is 5.42. The Bertz CT molecular complexity index is 364. The number of aromatic nitrogens is 1. The maximum atomic E-state index is 9.43. The van der Waals surface area contributed by atoms with Crippen LogP contribution in [0, 0.1) is 5.92 Å². The second kappa shape index (κ2) is 5.02. The van der Waals surface area contributed by atoms with E-state index < -0.39 is 6.10 Å². The summed E-state index contributed by atoms with van der Waals surface area (Å²) in [6, 6.07) is 3.98. The molecule has 2 unspecified atom stereocenters. The third-order valence-electron chi connectivity index (χ3n) is 3.62. The van der Waals surface area contributed by atoms with Crippen molar-refractivity contribution in [1.82, 2.24) is 4.98 Å². The largest absolute Gasteiger partial charge is 0.394 e. The molecule has 1 aliphatic heterocycles. The molecule has 0 amide bonds. The van der Waals surface area contributed by atoms with Gasteiger partial charge < -0.3 is 15.1 Å². The first kappa shape index (κ1) is 12.3. The first-order valence-corrected chi connectivity index (χ1v) is 6.15. The van der Waals surface area contributed by atoms with Crippen LogP contribution < -0.4 is 4.90 Å². The number of aliphatic hydroxyl groups is 2. The van der Waals surface area contributed by atoms with Gasteiger partial charge in [0.1, 0.15) is 5.82 Å². The van der Waals surface area contributed by atoms with E-state index >= 15 is 0 Å². The number of nitrogens with zero attached hydrogens (tertiary/aromatic N) is 2. The van der Waals surface area contributed by atoms with Crippen LogP contribution in [0.1, 0.15) is 31.9 Å². The molecule has 1 aliphatic rings. The third-order valence-corrected chi connectivity index (χ3v) is 3.62. The van der Waals surface area contributed by atoms with Gasteiger partial charge in [-0.25, -0.2) is 4.98 Å². The lowest BCUT2D eigenvalue weighted by Gasteiger charge is -2.26. The lowest BCUT2D eigenvalue weighted by Crippen LogP contribution is -2.35. The second-order valence-corrected chi connectivity index (χ2v) is 4.83. The first-order valence-electron chi connectivity index (χ1n) is 6.15. The number of hydrogen-bond donors (Lipinski definition) is 2. The van der Waals surface area contributed by atoms with Gasteiger partial charge in [0.05, 0.1) is 18.8 Å². The second-order valence-electron chi connectivity index (χ2n) is 4.83. The van der Waals surface area contributed by atoms with E-state index in [2.05, 4.69) is 16.8 Å². The summed E-state index contributed by atoms with van der Waals surface area (Å²) in [5.74, 6) is 1.39. The Morgan fingerprint density at radius 3 is 2.82 bits per heavy atom. The fourth-order valence-corrected chi connectivity index (χ4v) is 2.39. The van der Waals surface area contributed by atoms with Gasteiger partial charge in [-0.05, 0) is 30.9 Å². The molecule has 1 fully saturated rings. The standard InChI is InChI=1S/C13H20N2O2/c1-9-5-6-15(12(9)8-16)13-4-3-11(7-14-13)10(2)17/h3-4,7,9-10,12,16-17H,5-6,8H2,1-2H3/t9?,10-,12?/m1/s1.